The number of alkyl halides is 1. The SMILES string of the molecule is Cc1cc(C(=O)NCCCOCCBr)ccc1F. The van der Waals surface area contributed by atoms with Crippen LogP contribution < -0.4 is 5.32 Å². The minimum atomic E-state index is -0.297. The van der Waals surface area contributed by atoms with Gasteiger partial charge >= 0.3 is 0 Å². The summed E-state index contributed by atoms with van der Waals surface area (Å²) in [6.45, 7) is 3.48. The summed E-state index contributed by atoms with van der Waals surface area (Å²) in [5.74, 6) is -0.478. The fourth-order valence-corrected chi connectivity index (χ4v) is 1.65. The van der Waals surface area contributed by atoms with Crippen molar-refractivity contribution in [3.8, 4) is 0 Å². The highest BCUT2D eigenvalue weighted by Gasteiger charge is 2.06. The fraction of sp³-hybridized carbons (Fsp3) is 0.462. The molecule has 0 fully saturated rings. The van der Waals surface area contributed by atoms with Gasteiger partial charge in [0.2, 0.25) is 0 Å². The molecule has 0 unspecified atom stereocenters. The van der Waals surface area contributed by atoms with E-state index in [0.717, 1.165) is 11.8 Å². The molecule has 1 amide bonds. The normalized spacial score (nSPS) is 10.4. The van der Waals surface area contributed by atoms with E-state index in [0.29, 0.717) is 30.9 Å². The highest BCUT2D eigenvalue weighted by atomic mass is 79.9. The molecular weight excluding hydrogens is 301 g/mol. The molecule has 0 heterocycles. The molecule has 1 aromatic carbocycles. The van der Waals surface area contributed by atoms with Crippen LogP contribution >= 0.6 is 15.9 Å². The maximum absolute atomic E-state index is 13.0. The van der Waals surface area contributed by atoms with E-state index in [-0.39, 0.29) is 11.7 Å². The average molecular weight is 318 g/mol. The Balaban J connectivity index is 2.30. The number of nitrogens with one attached hydrogen (secondary N) is 1. The van der Waals surface area contributed by atoms with Crippen molar-refractivity contribution < 1.29 is 13.9 Å². The van der Waals surface area contributed by atoms with E-state index in [1.807, 2.05) is 0 Å². The Labute approximate surface area is 115 Å². The van der Waals surface area contributed by atoms with Crippen LogP contribution in [0.25, 0.3) is 0 Å². The minimum absolute atomic E-state index is 0.182. The predicted octanol–water partition coefficient (Wildman–Crippen LogP) is 2.67. The first-order valence-corrected chi connectivity index (χ1v) is 6.95. The predicted molar refractivity (Wildman–Crippen MR) is 72.7 cm³/mol. The number of hydrogen-bond acceptors (Lipinski definition) is 2. The third-order valence-corrected chi connectivity index (χ3v) is 2.72. The van der Waals surface area contributed by atoms with Crippen molar-refractivity contribution >= 4 is 21.8 Å². The lowest BCUT2D eigenvalue weighted by Crippen LogP contribution is -2.25. The van der Waals surface area contributed by atoms with E-state index in [1.165, 1.54) is 12.1 Å². The van der Waals surface area contributed by atoms with Gasteiger partial charge in [-0.05, 0) is 37.1 Å². The molecule has 1 N–H and O–H groups in total. The van der Waals surface area contributed by atoms with E-state index < -0.39 is 0 Å². The standard InChI is InChI=1S/C13H17BrFNO2/c1-10-9-11(3-4-12(10)15)13(17)16-6-2-7-18-8-5-14/h3-4,9H,2,5-8H2,1H3,(H,16,17). The molecule has 0 aliphatic carbocycles. The summed E-state index contributed by atoms with van der Waals surface area (Å²) in [5, 5.41) is 3.58. The zero-order valence-electron chi connectivity index (χ0n) is 10.3. The van der Waals surface area contributed by atoms with Crippen molar-refractivity contribution in [2.75, 3.05) is 25.1 Å². The maximum Gasteiger partial charge on any atom is 0.251 e. The van der Waals surface area contributed by atoms with Crippen molar-refractivity contribution in [2.45, 2.75) is 13.3 Å². The first-order valence-electron chi connectivity index (χ1n) is 5.83. The second-order valence-corrected chi connectivity index (χ2v) is 4.67. The molecular formula is C13H17BrFNO2. The molecule has 0 atom stereocenters. The molecule has 0 saturated carbocycles. The molecule has 0 bridgehead atoms. The minimum Gasteiger partial charge on any atom is -0.381 e. The number of benzene rings is 1. The van der Waals surface area contributed by atoms with Gasteiger partial charge in [0, 0.05) is 24.0 Å². The Morgan fingerprint density at radius 3 is 2.89 bits per heavy atom. The van der Waals surface area contributed by atoms with Crippen LogP contribution in [-0.2, 0) is 4.74 Å². The third-order valence-electron chi connectivity index (χ3n) is 2.39. The monoisotopic (exact) mass is 317 g/mol. The van der Waals surface area contributed by atoms with Crippen LogP contribution in [0.2, 0.25) is 0 Å². The molecule has 0 aliphatic heterocycles. The van der Waals surface area contributed by atoms with Crippen LogP contribution in [0.4, 0.5) is 4.39 Å². The molecule has 0 aliphatic rings. The summed E-state index contributed by atoms with van der Waals surface area (Å²) in [6, 6.07) is 4.34. The first kappa shape index (κ1) is 15.1. The van der Waals surface area contributed by atoms with E-state index in [9.17, 15) is 9.18 Å². The number of halogens is 2. The fourth-order valence-electron chi connectivity index (χ4n) is 1.42. The molecule has 18 heavy (non-hydrogen) atoms. The van der Waals surface area contributed by atoms with Gasteiger partial charge in [-0.1, -0.05) is 15.9 Å². The number of ether oxygens (including phenoxy) is 1. The summed E-state index contributed by atoms with van der Waals surface area (Å²) >= 11 is 3.26. The van der Waals surface area contributed by atoms with Crippen molar-refractivity contribution in [1.82, 2.24) is 5.32 Å². The summed E-state index contributed by atoms with van der Waals surface area (Å²) in [5.41, 5.74) is 0.957. The average Bonchev–Trinajstić information content (AvgIpc) is 2.36. The van der Waals surface area contributed by atoms with Gasteiger partial charge in [-0.3, -0.25) is 4.79 Å². The van der Waals surface area contributed by atoms with E-state index in [1.54, 1.807) is 13.0 Å². The Morgan fingerprint density at radius 1 is 1.44 bits per heavy atom. The van der Waals surface area contributed by atoms with Gasteiger partial charge in [-0.2, -0.15) is 0 Å². The van der Waals surface area contributed by atoms with Crippen LogP contribution in [0, 0.1) is 12.7 Å². The molecule has 0 radical (unpaired) electrons. The lowest BCUT2D eigenvalue weighted by atomic mass is 10.1. The summed E-state index contributed by atoms with van der Waals surface area (Å²) in [6.07, 6.45) is 0.763. The molecule has 0 aromatic heterocycles. The number of amides is 1. The Hall–Kier alpha value is -0.940. The van der Waals surface area contributed by atoms with Crippen molar-refractivity contribution in [2.24, 2.45) is 0 Å². The second kappa shape index (κ2) is 8.21. The topological polar surface area (TPSA) is 38.3 Å². The van der Waals surface area contributed by atoms with Crippen LogP contribution in [0.5, 0.6) is 0 Å². The quantitative estimate of drug-likeness (QED) is 0.620. The third kappa shape index (κ3) is 5.14. The Bertz CT molecular complexity index is 399. The molecule has 1 aromatic rings. The summed E-state index contributed by atoms with van der Waals surface area (Å²) in [4.78, 5) is 11.7. The lowest BCUT2D eigenvalue weighted by Gasteiger charge is -2.06. The number of aryl methyl sites for hydroxylation is 1. The second-order valence-electron chi connectivity index (χ2n) is 3.87. The maximum atomic E-state index is 13.0. The van der Waals surface area contributed by atoms with Crippen molar-refractivity contribution in [3.63, 3.8) is 0 Å². The largest absolute Gasteiger partial charge is 0.381 e. The van der Waals surface area contributed by atoms with Crippen LogP contribution in [0.1, 0.15) is 22.3 Å². The van der Waals surface area contributed by atoms with E-state index >= 15 is 0 Å². The van der Waals surface area contributed by atoms with E-state index in [4.69, 9.17) is 4.74 Å². The number of carbonyl (C=O) groups excluding carboxylic acids is 1. The van der Waals surface area contributed by atoms with Gasteiger partial charge in [0.1, 0.15) is 5.82 Å². The van der Waals surface area contributed by atoms with Crippen LogP contribution in [0.3, 0.4) is 0 Å². The molecule has 0 saturated heterocycles. The number of carbonyl (C=O) groups is 1. The molecule has 5 heteroatoms. The zero-order valence-corrected chi connectivity index (χ0v) is 11.9. The van der Waals surface area contributed by atoms with Gasteiger partial charge in [0.25, 0.3) is 5.91 Å². The number of rotatable bonds is 7. The molecule has 100 valence electrons. The molecule has 3 nitrogen and oxygen atoms in total. The van der Waals surface area contributed by atoms with Crippen molar-refractivity contribution in [1.29, 1.82) is 0 Å². The Morgan fingerprint density at radius 2 is 2.22 bits per heavy atom. The summed E-state index contributed by atoms with van der Waals surface area (Å²) in [7, 11) is 0. The van der Waals surface area contributed by atoms with Crippen molar-refractivity contribution in [3.05, 3.63) is 35.1 Å². The van der Waals surface area contributed by atoms with Gasteiger partial charge in [-0.15, -0.1) is 0 Å². The van der Waals surface area contributed by atoms with Gasteiger partial charge in [0.15, 0.2) is 0 Å². The van der Waals surface area contributed by atoms with Gasteiger partial charge < -0.3 is 10.1 Å². The Kier molecular flexibility index (Phi) is 6.90. The highest BCUT2D eigenvalue weighted by molar-refractivity contribution is 9.09. The first-order chi connectivity index (χ1) is 8.65. The summed E-state index contributed by atoms with van der Waals surface area (Å²) < 4.78 is 18.3. The van der Waals surface area contributed by atoms with Gasteiger partial charge in [-0.25, -0.2) is 4.39 Å². The smallest absolute Gasteiger partial charge is 0.251 e. The number of hydrogen-bond donors (Lipinski definition) is 1. The molecule has 0 spiro atoms. The van der Waals surface area contributed by atoms with Crippen LogP contribution in [-0.4, -0.2) is 31.0 Å². The van der Waals surface area contributed by atoms with Gasteiger partial charge in [0.05, 0.1) is 6.61 Å². The van der Waals surface area contributed by atoms with Crippen LogP contribution in [0.15, 0.2) is 18.2 Å². The van der Waals surface area contributed by atoms with E-state index in [2.05, 4.69) is 21.2 Å². The highest BCUT2D eigenvalue weighted by Crippen LogP contribution is 2.08. The zero-order chi connectivity index (χ0) is 13.4. The molecule has 1 rings (SSSR count). The lowest BCUT2D eigenvalue weighted by molar-refractivity contribution is 0.0944.